The van der Waals surface area contributed by atoms with Crippen molar-refractivity contribution in [1.29, 1.82) is 0 Å². The van der Waals surface area contributed by atoms with Crippen LogP contribution in [-0.4, -0.2) is 9.55 Å². The van der Waals surface area contributed by atoms with Crippen molar-refractivity contribution < 1.29 is 4.39 Å². The predicted molar refractivity (Wildman–Crippen MR) is 65.7 cm³/mol. The summed E-state index contributed by atoms with van der Waals surface area (Å²) in [6, 6.07) is 4.30. The Labute approximate surface area is 105 Å². The number of nitrogen functional groups attached to an aromatic ring is 1. The van der Waals surface area contributed by atoms with Gasteiger partial charge in [-0.15, -0.1) is 0 Å². The lowest BCUT2D eigenvalue weighted by Gasteiger charge is -2.01. The number of aromatic nitrogens is 2. The summed E-state index contributed by atoms with van der Waals surface area (Å²) in [5.41, 5.74) is 6.40. The Morgan fingerprint density at radius 2 is 2.19 bits per heavy atom. The Morgan fingerprint density at radius 3 is 2.75 bits per heavy atom. The van der Waals surface area contributed by atoms with Gasteiger partial charge in [-0.25, -0.2) is 9.37 Å². The number of halogens is 3. The average molecular weight is 305 g/mol. The van der Waals surface area contributed by atoms with Crippen LogP contribution in [0.15, 0.2) is 22.8 Å². The molecule has 16 heavy (non-hydrogen) atoms. The minimum atomic E-state index is -0.386. The highest BCUT2D eigenvalue weighted by molar-refractivity contribution is 9.10. The predicted octanol–water partition coefficient (Wildman–Crippen LogP) is 3.22. The van der Waals surface area contributed by atoms with E-state index in [1.807, 2.05) is 0 Å². The van der Waals surface area contributed by atoms with Gasteiger partial charge in [0.15, 0.2) is 0 Å². The molecule has 84 valence electrons. The van der Waals surface area contributed by atoms with Gasteiger partial charge in [0, 0.05) is 17.6 Å². The second-order valence-corrected chi connectivity index (χ2v) is 4.48. The highest BCUT2D eigenvalue weighted by atomic mass is 79.9. The molecule has 2 N–H and O–H groups in total. The van der Waals surface area contributed by atoms with E-state index >= 15 is 0 Å². The molecule has 0 saturated carbocycles. The Morgan fingerprint density at radius 1 is 1.50 bits per heavy atom. The smallest absolute Gasteiger partial charge is 0.201 e. The largest absolute Gasteiger partial charge is 0.369 e. The lowest BCUT2D eigenvalue weighted by molar-refractivity contribution is 0.630. The van der Waals surface area contributed by atoms with Crippen molar-refractivity contribution in [3.05, 3.63) is 33.6 Å². The summed E-state index contributed by atoms with van der Waals surface area (Å²) in [4.78, 5) is 4.08. The van der Waals surface area contributed by atoms with E-state index in [1.54, 1.807) is 11.6 Å². The number of hydrogen-bond donors (Lipinski definition) is 1. The van der Waals surface area contributed by atoms with Crippen molar-refractivity contribution in [1.82, 2.24) is 9.55 Å². The molecule has 0 fully saturated rings. The van der Waals surface area contributed by atoms with E-state index in [0.29, 0.717) is 26.8 Å². The van der Waals surface area contributed by atoms with Crippen LogP contribution in [0.3, 0.4) is 0 Å². The number of imidazole rings is 1. The van der Waals surface area contributed by atoms with Crippen LogP contribution in [0.2, 0.25) is 5.02 Å². The minimum absolute atomic E-state index is 0.307. The van der Waals surface area contributed by atoms with Gasteiger partial charge in [0.05, 0.1) is 0 Å². The van der Waals surface area contributed by atoms with E-state index in [4.69, 9.17) is 17.3 Å². The molecule has 0 spiro atoms. The second kappa shape index (κ2) is 4.07. The molecule has 1 heterocycles. The van der Waals surface area contributed by atoms with Crippen molar-refractivity contribution in [2.24, 2.45) is 7.05 Å². The number of nitrogens with zero attached hydrogens (tertiary/aromatic N) is 2. The molecule has 2 aromatic rings. The highest BCUT2D eigenvalue weighted by Crippen LogP contribution is 2.32. The number of rotatable bonds is 1. The molecule has 6 heteroatoms. The zero-order valence-corrected chi connectivity index (χ0v) is 10.7. The molecule has 0 aliphatic heterocycles. The van der Waals surface area contributed by atoms with Crippen LogP contribution in [0.5, 0.6) is 0 Å². The van der Waals surface area contributed by atoms with E-state index in [0.717, 1.165) is 0 Å². The second-order valence-electron chi connectivity index (χ2n) is 3.29. The van der Waals surface area contributed by atoms with Crippen LogP contribution in [0.4, 0.5) is 10.3 Å². The van der Waals surface area contributed by atoms with Crippen LogP contribution in [-0.2, 0) is 7.05 Å². The summed E-state index contributed by atoms with van der Waals surface area (Å²) in [7, 11) is 1.73. The first-order valence-electron chi connectivity index (χ1n) is 4.44. The summed E-state index contributed by atoms with van der Waals surface area (Å²) < 4.78 is 15.8. The number of nitrogens with two attached hydrogens (primary N) is 1. The van der Waals surface area contributed by atoms with E-state index in [-0.39, 0.29) is 5.82 Å². The lowest BCUT2D eigenvalue weighted by atomic mass is 10.1. The summed E-state index contributed by atoms with van der Waals surface area (Å²) >= 11 is 9.13. The van der Waals surface area contributed by atoms with Crippen molar-refractivity contribution in [2.75, 3.05) is 5.73 Å². The van der Waals surface area contributed by atoms with E-state index in [2.05, 4.69) is 20.9 Å². The fraction of sp³-hybridized carbons (Fsp3) is 0.100. The van der Waals surface area contributed by atoms with Gasteiger partial charge >= 0.3 is 0 Å². The number of anilines is 1. The molecule has 0 aliphatic carbocycles. The van der Waals surface area contributed by atoms with E-state index < -0.39 is 0 Å². The third-order valence-electron chi connectivity index (χ3n) is 2.24. The maximum atomic E-state index is 13.6. The fourth-order valence-corrected chi connectivity index (χ4v) is 2.00. The molecule has 0 amide bonds. The van der Waals surface area contributed by atoms with Gasteiger partial charge in [-0.2, -0.15) is 0 Å². The zero-order chi connectivity index (χ0) is 11.9. The Kier molecular flexibility index (Phi) is 2.90. The van der Waals surface area contributed by atoms with Gasteiger partial charge in [-0.3, -0.25) is 0 Å². The van der Waals surface area contributed by atoms with Crippen molar-refractivity contribution >= 4 is 33.5 Å². The van der Waals surface area contributed by atoms with Crippen molar-refractivity contribution in [3.63, 3.8) is 0 Å². The Hall–Kier alpha value is -1.07. The topological polar surface area (TPSA) is 43.8 Å². The molecule has 3 nitrogen and oxygen atoms in total. The maximum Gasteiger partial charge on any atom is 0.201 e. The monoisotopic (exact) mass is 303 g/mol. The van der Waals surface area contributed by atoms with Gasteiger partial charge in [0.2, 0.25) is 5.95 Å². The molecule has 1 aromatic carbocycles. The van der Waals surface area contributed by atoms with Crippen LogP contribution >= 0.6 is 27.5 Å². The third kappa shape index (κ3) is 1.81. The molecule has 0 saturated heterocycles. The van der Waals surface area contributed by atoms with Crippen LogP contribution in [0.25, 0.3) is 11.3 Å². The number of benzene rings is 1. The van der Waals surface area contributed by atoms with Gasteiger partial charge in [0.25, 0.3) is 0 Å². The SMILES string of the molecule is Cn1c(N)nc(-c2cc(Cl)ccc2F)c1Br. The molecular formula is C10H8BrClFN3. The van der Waals surface area contributed by atoms with Crippen LogP contribution in [0, 0.1) is 5.82 Å². The van der Waals surface area contributed by atoms with E-state index in [1.165, 1.54) is 18.2 Å². The van der Waals surface area contributed by atoms with Gasteiger partial charge < -0.3 is 10.3 Å². The third-order valence-corrected chi connectivity index (χ3v) is 3.39. The minimum Gasteiger partial charge on any atom is -0.369 e. The molecule has 1 aromatic heterocycles. The first-order chi connectivity index (χ1) is 7.50. The molecular weight excluding hydrogens is 296 g/mol. The van der Waals surface area contributed by atoms with E-state index in [9.17, 15) is 4.39 Å². The molecule has 0 atom stereocenters. The van der Waals surface area contributed by atoms with Gasteiger partial charge in [-0.1, -0.05) is 11.6 Å². The Bertz CT molecular complexity index is 553. The fourth-order valence-electron chi connectivity index (χ4n) is 1.35. The molecule has 0 bridgehead atoms. The lowest BCUT2D eigenvalue weighted by Crippen LogP contribution is -1.96. The van der Waals surface area contributed by atoms with Crippen LogP contribution in [0.1, 0.15) is 0 Å². The summed E-state index contributed by atoms with van der Waals surface area (Å²) in [6.07, 6.45) is 0. The molecule has 2 rings (SSSR count). The van der Waals surface area contributed by atoms with Gasteiger partial charge in [0.1, 0.15) is 16.1 Å². The average Bonchev–Trinajstić information content (AvgIpc) is 2.50. The Balaban J connectivity index is 2.67. The van der Waals surface area contributed by atoms with Gasteiger partial charge in [-0.05, 0) is 34.1 Å². The van der Waals surface area contributed by atoms with Crippen LogP contribution < -0.4 is 5.73 Å². The molecule has 0 aliphatic rings. The van der Waals surface area contributed by atoms with Crippen molar-refractivity contribution in [2.45, 2.75) is 0 Å². The number of hydrogen-bond acceptors (Lipinski definition) is 2. The summed E-state index contributed by atoms with van der Waals surface area (Å²) in [5.74, 6) is -0.0792. The molecule has 0 unspecified atom stereocenters. The van der Waals surface area contributed by atoms with Crippen molar-refractivity contribution in [3.8, 4) is 11.3 Å². The normalized spacial score (nSPS) is 10.8. The summed E-state index contributed by atoms with van der Waals surface area (Å²) in [5, 5.41) is 0.451. The summed E-state index contributed by atoms with van der Waals surface area (Å²) in [6.45, 7) is 0. The first kappa shape index (κ1) is 11.4. The zero-order valence-electron chi connectivity index (χ0n) is 8.34. The quantitative estimate of drug-likeness (QED) is 0.879. The standard InChI is InChI=1S/C10H8BrClFN3/c1-16-9(11)8(15-10(16)14)6-4-5(12)2-3-7(6)13/h2-4H,1H3,(H2,14,15). The highest BCUT2D eigenvalue weighted by Gasteiger charge is 2.16. The molecule has 0 radical (unpaired) electrons. The first-order valence-corrected chi connectivity index (χ1v) is 5.61. The maximum absolute atomic E-state index is 13.6.